The number of sulfonamides is 1. The van der Waals surface area contributed by atoms with Gasteiger partial charge in [-0.3, -0.25) is 0 Å². The second-order valence-electron chi connectivity index (χ2n) is 4.40. The average molecular weight is 314 g/mol. The van der Waals surface area contributed by atoms with E-state index in [9.17, 15) is 8.42 Å². The Morgan fingerprint density at radius 3 is 2.86 bits per heavy atom. The normalized spacial score (nSPS) is 11.9. The maximum Gasteiger partial charge on any atom is 0.244 e. The molecule has 0 aliphatic heterocycles. The molecule has 0 amide bonds. The third-order valence-electron chi connectivity index (χ3n) is 2.80. The second-order valence-corrected chi connectivity index (χ2v) is 6.13. The maximum absolute atomic E-state index is 12.2. The fourth-order valence-corrected chi connectivity index (χ4v) is 3.04. The third kappa shape index (κ3) is 4.13. The van der Waals surface area contributed by atoms with Gasteiger partial charge in [-0.25, -0.2) is 13.1 Å². The lowest BCUT2D eigenvalue weighted by atomic mass is 10.4. The molecule has 116 valence electrons. The van der Waals surface area contributed by atoms with Crippen molar-refractivity contribution in [3.63, 3.8) is 0 Å². The van der Waals surface area contributed by atoms with Crippen molar-refractivity contribution in [1.29, 1.82) is 0 Å². The van der Waals surface area contributed by atoms with Crippen molar-refractivity contribution in [2.24, 2.45) is 0 Å². The Bertz CT molecular complexity index is 663. The topological polar surface area (TPSA) is 110 Å². The van der Waals surface area contributed by atoms with E-state index in [4.69, 9.17) is 8.94 Å². The Labute approximate surface area is 123 Å². The highest BCUT2D eigenvalue weighted by Gasteiger charge is 2.21. The molecule has 0 spiro atoms. The predicted molar refractivity (Wildman–Crippen MR) is 74.0 cm³/mol. The molecule has 0 radical (unpaired) electrons. The van der Waals surface area contributed by atoms with Gasteiger partial charge in [0.05, 0.1) is 6.54 Å². The molecule has 2 aromatic heterocycles. The Morgan fingerprint density at radius 2 is 2.19 bits per heavy atom. The van der Waals surface area contributed by atoms with Gasteiger partial charge in [0, 0.05) is 19.0 Å². The largest absolute Gasteiger partial charge is 0.464 e. The third-order valence-corrected chi connectivity index (χ3v) is 4.37. The SMILES string of the molecule is CCNCc1cc(S(=O)(=O)NCCc2ncno2)c(C)o1. The van der Waals surface area contributed by atoms with Gasteiger partial charge in [0.25, 0.3) is 0 Å². The van der Waals surface area contributed by atoms with Crippen LogP contribution in [-0.4, -0.2) is 31.6 Å². The van der Waals surface area contributed by atoms with E-state index in [1.807, 2.05) is 6.92 Å². The first-order chi connectivity index (χ1) is 10.0. The standard InChI is InChI=1S/C12H18N4O4S/c1-3-13-7-10-6-11(9(2)19-10)21(17,18)16-5-4-12-14-8-15-20-12/h6,8,13,16H,3-5,7H2,1-2H3. The molecule has 2 N–H and O–H groups in total. The van der Waals surface area contributed by atoms with Gasteiger partial charge in [-0.2, -0.15) is 4.98 Å². The van der Waals surface area contributed by atoms with Crippen LogP contribution >= 0.6 is 0 Å². The molecule has 0 bridgehead atoms. The lowest BCUT2D eigenvalue weighted by Gasteiger charge is -2.03. The molecular formula is C12H18N4O4S. The molecule has 21 heavy (non-hydrogen) atoms. The molecule has 8 nitrogen and oxygen atoms in total. The summed E-state index contributed by atoms with van der Waals surface area (Å²) in [6.45, 7) is 5.05. The molecule has 0 aliphatic rings. The van der Waals surface area contributed by atoms with Gasteiger partial charge in [0.1, 0.15) is 16.4 Å². The van der Waals surface area contributed by atoms with E-state index in [1.165, 1.54) is 12.4 Å². The molecule has 0 saturated heterocycles. The number of nitrogens with one attached hydrogen (secondary N) is 2. The Hall–Kier alpha value is -1.71. The summed E-state index contributed by atoms with van der Waals surface area (Å²) in [6.07, 6.45) is 1.61. The summed E-state index contributed by atoms with van der Waals surface area (Å²) in [4.78, 5) is 3.98. The number of furan rings is 1. The minimum atomic E-state index is -3.61. The van der Waals surface area contributed by atoms with Crippen LogP contribution in [0.15, 0.2) is 26.2 Å². The van der Waals surface area contributed by atoms with Gasteiger partial charge in [0.15, 0.2) is 6.33 Å². The van der Waals surface area contributed by atoms with Gasteiger partial charge in [-0.05, 0) is 13.5 Å². The second kappa shape index (κ2) is 6.83. The van der Waals surface area contributed by atoms with Crippen LogP contribution in [0.2, 0.25) is 0 Å². The summed E-state index contributed by atoms with van der Waals surface area (Å²) in [5.41, 5.74) is 0. The van der Waals surface area contributed by atoms with E-state index < -0.39 is 10.0 Å². The van der Waals surface area contributed by atoms with E-state index in [-0.39, 0.29) is 11.4 Å². The van der Waals surface area contributed by atoms with Crippen molar-refractivity contribution < 1.29 is 17.4 Å². The molecular weight excluding hydrogens is 296 g/mol. The first-order valence-electron chi connectivity index (χ1n) is 6.58. The number of rotatable bonds is 8. The van der Waals surface area contributed by atoms with Crippen molar-refractivity contribution in [3.05, 3.63) is 29.8 Å². The number of hydrogen-bond acceptors (Lipinski definition) is 7. The zero-order chi connectivity index (χ0) is 15.3. The molecule has 0 fully saturated rings. The first-order valence-corrected chi connectivity index (χ1v) is 8.06. The lowest BCUT2D eigenvalue weighted by Crippen LogP contribution is -2.26. The molecule has 0 aromatic carbocycles. The van der Waals surface area contributed by atoms with E-state index in [0.717, 1.165) is 6.54 Å². The van der Waals surface area contributed by atoms with Crippen molar-refractivity contribution in [2.45, 2.75) is 31.7 Å². The van der Waals surface area contributed by atoms with Crippen LogP contribution < -0.4 is 10.0 Å². The van der Waals surface area contributed by atoms with Gasteiger partial charge in [-0.15, -0.1) is 0 Å². The maximum atomic E-state index is 12.2. The lowest BCUT2D eigenvalue weighted by molar-refractivity contribution is 0.377. The highest BCUT2D eigenvalue weighted by Crippen LogP contribution is 2.19. The van der Waals surface area contributed by atoms with E-state index in [0.29, 0.717) is 30.4 Å². The highest BCUT2D eigenvalue weighted by atomic mass is 32.2. The van der Waals surface area contributed by atoms with Gasteiger partial charge in [0.2, 0.25) is 15.9 Å². The number of hydrogen-bond donors (Lipinski definition) is 2. The molecule has 2 heterocycles. The predicted octanol–water partition coefficient (Wildman–Crippen LogP) is 0.602. The molecule has 2 aromatic rings. The fraction of sp³-hybridized carbons (Fsp3) is 0.500. The summed E-state index contributed by atoms with van der Waals surface area (Å²) in [6, 6.07) is 1.53. The number of nitrogens with zero attached hydrogens (tertiary/aromatic N) is 2. The van der Waals surface area contributed by atoms with E-state index >= 15 is 0 Å². The van der Waals surface area contributed by atoms with Crippen LogP contribution in [0.1, 0.15) is 24.3 Å². The van der Waals surface area contributed by atoms with Crippen molar-refractivity contribution >= 4 is 10.0 Å². The monoisotopic (exact) mass is 314 g/mol. The minimum Gasteiger partial charge on any atom is -0.464 e. The molecule has 0 saturated carbocycles. The van der Waals surface area contributed by atoms with Crippen molar-refractivity contribution in [2.75, 3.05) is 13.1 Å². The summed E-state index contributed by atoms with van der Waals surface area (Å²) < 4.78 is 37.1. The molecule has 2 rings (SSSR count). The van der Waals surface area contributed by atoms with Crippen molar-refractivity contribution in [1.82, 2.24) is 20.2 Å². The van der Waals surface area contributed by atoms with Crippen molar-refractivity contribution in [3.8, 4) is 0 Å². The zero-order valence-corrected chi connectivity index (χ0v) is 12.7. The van der Waals surface area contributed by atoms with Gasteiger partial charge >= 0.3 is 0 Å². The van der Waals surface area contributed by atoms with Gasteiger partial charge < -0.3 is 14.3 Å². The van der Waals surface area contributed by atoms with Crippen LogP contribution in [0.4, 0.5) is 0 Å². The Kier molecular flexibility index (Phi) is 5.10. The zero-order valence-electron chi connectivity index (χ0n) is 11.9. The molecule has 0 unspecified atom stereocenters. The highest BCUT2D eigenvalue weighted by molar-refractivity contribution is 7.89. The van der Waals surface area contributed by atoms with Crippen LogP contribution in [0, 0.1) is 6.92 Å². The molecule has 9 heteroatoms. The Balaban J connectivity index is 1.99. The summed E-state index contributed by atoms with van der Waals surface area (Å²) >= 11 is 0. The Morgan fingerprint density at radius 1 is 1.38 bits per heavy atom. The summed E-state index contributed by atoms with van der Waals surface area (Å²) in [5, 5.41) is 6.54. The molecule has 0 aliphatic carbocycles. The quantitative estimate of drug-likeness (QED) is 0.734. The average Bonchev–Trinajstić information content (AvgIpc) is 3.06. The van der Waals surface area contributed by atoms with Crippen LogP contribution in [0.5, 0.6) is 0 Å². The van der Waals surface area contributed by atoms with E-state index in [1.54, 1.807) is 6.92 Å². The number of aromatic nitrogens is 2. The summed E-state index contributed by atoms with van der Waals surface area (Å²) in [7, 11) is -3.61. The molecule has 0 atom stereocenters. The fourth-order valence-electron chi connectivity index (χ4n) is 1.80. The summed E-state index contributed by atoms with van der Waals surface area (Å²) in [5.74, 6) is 1.34. The minimum absolute atomic E-state index is 0.154. The van der Waals surface area contributed by atoms with Crippen LogP contribution in [0.25, 0.3) is 0 Å². The van der Waals surface area contributed by atoms with E-state index in [2.05, 4.69) is 20.2 Å². The number of aryl methyl sites for hydroxylation is 1. The van der Waals surface area contributed by atoms with Crippen LogP contribution in [0.3, 0.4) is 0 Å². The van der Waals surface area contributed by atoms with Crippen LogP contribution in [-0.2, 0) is 23.0 Å². The first kappa shape index (κ1) is 15.7. The smallest absolute Gasteiger partial charge is 0.244 e. The van der Waals surface area contributed by atoms with Gasteiger partial charge in [-0.1, -0.05) is 12.1 Å².